The number of halogens is 4. The van der Waals surface area contributed by atoms with E-state index in [4.69, 9.17) is 46.4 Å². The molecule has 0 fully saturated rings. The standard InChI is InChI=1S/C19H12Cl4O5S/c20-12-8-9-13(21)16(23)15(12)19(29(26,27)28,10-4-2-1-3-5-10)11-6-7-14(22)18(25)17(11)24/h1-9,24-25H,(H,26,27,28). The van der Waals surface area contributed by atoms with Crippen LogP contribution in [0.15, 0.2) is 54.6 Å². The van der Waals surface area contributed by atoms with E-state index in [-0.39, 0.29) is 31.2 Å². The maximum Gasteiger partial charge on any atom is 0.283 e. The lowest BCUT2D eigenvalue weighted by atomic mass is 9.83. The molecule has 10 heteroatoms. The minimum Gasteiger partial charge on any atom is -0.504 e. The van der Waals surface area contributed by atoms with Gasteiger partial charge in [0.1, 0.15) is 0 Å². The molecule has 3 aromatic carbocycles. The van der Waals surface area contributed by atoms with E-state index in [1.807, 2.05) is 0 Å². The summed E-state index contributed by atoms with van der Waals surface area (Å²) in [6.07, 6.45) is 0. The van der Waals surface area contributed by atoms with Gasteiger partial charge in [-0.25, -0.2) is 0 Å². The summed E-state index contributed by atoms with van der Waals surface area (Å²) in [5, 5.41) is 20.1. The number of phenols is 2. The number of phenolic OH excluding ortho intramolecular Hbond substituents is 2. The molecule has 0 amide bonds. The fourth-order valence-electron chi connectivity index (χ4n) is 3.21. The summed E-state index contributed by atoms with van der Waals surface area (Å²) < 4.78 is 33.9. The Morgan fingerprint density at radius 2 is 1.28 bits per heavy atom. The predicted octanol–water partition coefficient (Wildman–Crippen LogP) is 5.89. The fourth-order valence-corrected chi connectivity index (χ4v) is 5.64. The highest BCUT2D eigenvalue weighted by molar-refractivity contribution is 7.87. The van der Waals surface area contributed by atoms with E-state index in [1.165, 1.54) is 42.5 Å². The average Bonchev–Trinajstić information content (AvgIpc) is 2.67. The summed E-state index contributed by atoms with van der Waals surface area (Å²) >= 11 is 24.6. The Hall–Kier alpha value is -1.67. The van der Waals surface area contributed by atoms with Crippen LogP contribution in [0.5, 0.6) is 11.5 Å². The van der Waals surface area contributed by atoms with Crippen molar-refractivity contribution < 1.29 is 23.2 Å². The van der Waals surface area contributed by atoms with E-state index >= 15 is 0 Å². The Kier molecular flexibility index (Phi) is 5.98. The molecule has 1 atom stereocenters. The van der Waals surface area contributed by atoms with Gasteiger partial charge in [0.15, 0.2) is 16.2 Å². The van der Waals surface area contributed by atoms with E-state index in [1.54, 1.807) is 6.07 Å². The summed E-state index contributed by atoms with van der Waals surface area (Å²) in [6.45, 7) is 0. The summed E-state index contributed by atoms with van der Waals surface area (Å²) in [5.41, 5.74) is -0.719. The molecule has 152 valence electrons. The van der Waals surface area contributed by atoms with Crippen LogP contribution in [0.3, 0.4) is 0 Å². The zero-order valence-electron chi connectivity index (χ0n) is 14.3. The molecule has 0 saturated carbocycles. The molecule has 0 aliphatic carbocycles. The Labute approximate surface area is 186 Å². The molecular weight excluding hydrogens is 482 g/mol. The van der Waals surface area contributed by atoms with Crippen molar-refractivity contribution in [2.75, 3.05) is 0 Å². The first-order valence-electron chi connectivity index (χ1n) is 7.91. The van der Waals surface area contributed by atoms with Crippen molar-refractivity contribution in [3.63, 3.8) is 0 Å². The van der Waals surface area contributed by atoms with Crippen LogP contribution in [-0.4, -0.2) is 23.2 Å². The highest BCUT2D eigenvalue weighted by Crippen LogP contribution is 2.54. The summed E-state index contributed by atoms with van der Waals surface area (Å²) in [6, 6.07) is 12.4. The molecule has 0 heterocycles. The third-order valence-corrected chi connectivity index (χ3v) is 7.30. The van der Waals surface area contributed by atoms with Crippen molar-refractivity contribution in [3.05, 3.63) is 91.4 Å². The molecule has 0 aromatic heterocycles. The maximum absolute atomic E-state index is 13.0. The van der Waals surface area contributed by atoms with E-state index in [2.05, 4.69) is 0 Å². The molecular formula is C19H12Cl4O5S. The minimum absolute atomic E-state index is 0.00871. The summed E-state index contributed by atoms with van der Waals surface area (Å²) in [4.78, 5) is 0. The second-order valence-electron chi connectivity index (χ2n) is 6.03. The Balaban J connectivity index is 2.67. The largest absolute Gasteiger partial charge is 0.504 e. The van der Waals surface area contributed by atoms with E-state index in [0.717, 1.165) is 6.07 Å². The zero-order valence-corrected chi connectivity index (χ0v) is 18.1. The Bertz CT molecular complexity index is 1200. The van der Waals surface area contributed by atoms with Gasteiger partial charge in [-0.15, -0.1) is 0 Å². The molecule has 0 aliphatic heterocycles. The highest BCUT2D eigenvalue weighted by atomic mass is 35.5. The molecule has 0 saturated heterocycles. The van der Waals surface area contributed by atoms with Crippen LogP contribution in [0, 0.1) is 0 Å². The molecule has 0 bridgehead atoms. The normalized spacial score (nSPS) is 13.8. The smallest absolute Gasteiger partial charge is 0.283 e. The van der Waals surface area contributed by atoms with Crippen molar-refractivity contribution in [2.24, 2.45) is 0 Å². The van der Waals surface area contributed by atoms with Crippen LogP contribution in [-0.2, 0) is 14.9 Å². The van der Waals surface area contributed by atoms with Crippen LogP contribution >= 0.6 is 46.4 Å². The topological polar surface area (TPSA) is 94.8 Å². The number of benzene rings is 3. The van der Waals surface area contributed by atoms with Crippen molar-refractivity contribution >= 4 is 56.5 Å². The van der Waals surface area contributed by atoms with Crippen molar-refractivity contribution in [2.45, 2.75) is 4.75 Å². The molecule has 5 nitrogen and oxygen atoms in total. The average molecular weight is 494 g/mol. The number of hydrogen-bond acceptors (Lipinski definition) is 4. The number of aromatic hydroxyl groups is 2. The van der Waals surface area contributed by atoms with Gasteiger partial charge in [-0.3, -0.25) is 4.55 Å². The minimum atomic E-state index is -5.14. The first-order valence-corrected chi connectivity index (χ1v) is 10.9. The molecule has 0 radical (unpaired) electrons. The van der Waals surface area contributed by atoms with Gasteiger partial charge in [0.2, 0.25) is 0 Å². The van der Waals surface area contributed by atoms with Gasteiger partial charge < -0.3 is 10.2 Å². The molecule has 3 N–H and O–H groups in total. The SMILES string of the molecule is O=S(=O)(O)C(c1ccccc1)(c1ccc(Cl)c(O)c1O)c1c(Cl)ccc(Cl)c1Cl. The third-order valence-electron chi connectivity index (χ3n) is 4.44. The van der Waals surface area contributed by atoms with E-state index in [0.29, 0.717) is 0 Å². The molecule has 1 unspecified atom stereocenters. The lowest BCUT2D eigenvalue weighted by Crippen LogP contribution is -2.39. The molecule has 29 heavy (non-hydrogen) atoms. The number of rotatable bonds is 4. The van der Waals surface area contributed by atoms with Crippen molar-refractivity contribution in [3.8, 4) is 11.5 Å². The van der Waals surface area contributed by atoms with Crippen LogP contribution in [0.25, 0.3) is 0 Å². The summed E-state index contributed by atoms with van der Waals surface area (Å²) in [7, 11) is -5.14. The Morgan fingerprint density at radius 1 is 0.724 bits per heavy atom. The zero-order chi connectivity index (χ0) is 21.6. The number of hydrogen-bond donors (Lipinski definition) is 3. The predicted molar refractivity (Wildman–Crippen MR) is 114 cm³/mol. The molecule has 3 aromatic rings. The molecule has 0 spiro atoms. The highest BCUT2D eigenvalue weighted by Gasteiger charge is 2.53. The maximum atomic E-state index is 13.0. The van der Waals surface area contributed by atoms with Crippen molar-refractivity contribution in [1.29, 1.82) is 0 Å². The lowest BCUT2D eigenvalue weighted by molar-refractivity contribution is 0.394. The third kappa shape index (κ3) is 3.44. The Morgan fingerprint density at radius 3 is 1.86 bits per heavy atom. The van der Waals surface area contributed by atoms with E-state index in [9.17, 15) is 23.2 Å². The van der Waals surface area contributed by atoms with Crippen LogP contribution in [0.4, 0.5) is 0 Å². The van der Waals surface area contributed by atoms with Crippen LogP contribution in [0.1, 0.15) is 16.7 Å². The molecule has 0 aliphatic rings. The van der Waals surface area contributed by atoms with Gasteiger partial charge in [-0.05, 0) is 23.8 Å². The quantitative estimate of drug-likeness (QED) is 0.182. The van der Waals surface area contributed by atoms with Crippen LogP contribution < -0.4 is 0 Å². The molecule has 3 rings (SSSR count). The van der Waals surface area contributed by atoms with Gasteiger partial charge in [0.05, 0.1) is 15.1 Å². The van der Waals surface area contributed by atoms with Gasteiger partial charge in [-0.1, -0.05) is 82.8 Å². The van der Waals surface area contributed by atoms with Gasteiger partial charge in [0, 0.05) is 16.1 Å². The fraction of sp³-hybridized carbons (Fsp3) is 0.0526. The first kappa shape index (κ1) is 22.0. The lowest BCUT2D eigenvalue weighted by Gasteiger charge is -2.34. The van der Waals surface area contributed by atoms with Gasteiger partial charge >= 0.3 is 0 Å². The van der Waals surface area contributed by atoms with Crippen LogP contribution in [0.2, 0.25) is 20.1 Å². The van der Waals surface area contributed by atoms with Gasteiger partial charge in [0.25, 0.3) is 10.1 Å². The van der Waals surface area contributed by atoms with E-state index < -0.39 is 31.9 Å². The van der Waals surface area contributed by atoms with Gasteiger partial charge in [-0.2, -0.15) is 8.42 Å². The summed E-state index contributed by atoms with van der Waals surface area (Å²) in [5.74, 6) is -1.64. The first-order chi connectivity index (χ1) is 13.5. The second kappa shape index (κ2) is 7.87. The van der Waals surface area contributed by atoms with Crippen molar-refractivity contribution in [1.82, 2.24) is 0 Å². The monoisotopic (exact) mass is 492 g/mol. The second-order valence-corrected chi connectivity index (χ2v) is 9.19.